The van der Waals surface area contributed by atoms with E-state index in [0.717, 1.165) is 23.8 Å². The van der Waals surface area contributed by atoms with Crippen LogP contribution in [0, 0.1) is 20.2 Å². The average molecular weight is 494 g/mol. The summed E-state index contributed by atoms with van der Waals surface area (Å²) in [5.41, 5.74) is 0.233. The van der Waals surface area contributed by atoms with Gasteiger partial charge in [-0.3, -0.25) is 25.0 Å². The zero-order valence-corrected chi connectivity index (χ0v) is 19.5. The number of hydrogen-bond donors (Lipinski definition) is 0. The number of benzene rings is 2. The number of carbonyl (C=O) groups excluding carboxylic acids is 1. The number of non-ortho nitro benzene ring substituents is 2. The fourth-order valence-corrected chi connectivity index (χ4v) is 3.90. The summed E-state index contributed by atoms with van der Waals surface area (Å²) in [6, 6.07) is 12.0. The topological polar surface area (TPSA) is 154 Å². The van der Waals surface area contributed by atoms with Gasteiger partial charge in [-0.05, 0) is 30.3 Å². The number of anilines is 1. The van der Waals surface area contributed by atoms with Gasteiger partial charge in [0.15, 0.2) is 5.82 Å². The second-order valence-electron chi connectivity index (χ2n) is 7.87. The lowest BCUT2D eigenvalue weighted by molar-refractivity contribution is -0.394. The van der Waals surface area contributed by atoms with E-state index in [4.69, 9.17) is 9.47 Å². The molecule has 1 aliphatic heterocycles. The molecule has 13 heteroatoms. The summed E-state index contributed by atoms with van der Waals surface area (Å²) >= 11 is 0. The molecule has 1 fully saturated rings. The van der Waals surface area contributed by atoms with E-state index in [2.05, 4.69) is 10.2 Å². The average Bonchev–Trinajstić information content (AvgIpc) is 2.92. The van der Waals surface area contributed by atoms with Gasteiger partial charge >= 0.3 is 0 Å². The number of piperazine rings is 1. The first-order chi connectivity index (χ1) is 17.3. The molecule has 0 radical (unpaired) electrons. The maximum Gasteiger partial charge on any atom is 0.277 e. The molecule has 0 bridgehead atoms. The summed E-state index contributed by atoms with van der Waals surface area (Å²) in [5, 5.41) is 30.9. The number of nitro groups is 2. The van der Waals surface area contributed by atoms with E-state index in [1.165, 1.54) is 4.90 Å². The molecule has 186 valence electrons. The molecule has 4 rings (SSSR count). The second-order valence-corrected chi connectivity index (χ2v) is 7.87. The Bertz CT molecular complexity index is 1270. The van der Waals surface area contributed by atoms with Gasteiger partial charge < -0.3 is 19.3 Å². The maximum atomic E-state index is 12.9. The molecule has 3 aromatic rings. The fraction of sp³-hybridized carbons (Fsp3) is 0.261. The minimum absolute atomic E-state index is 0.0965. The van der Waals surface area contributed by atoms with Gasteiger partial charge in [0.1, 0.15) is 11.5 Å². The van der Waals surface area contributed by atoms with Crippen molar-refractivity contribution in [2.45, 2.75) is 0 Å². The molecule has 1 amide bonds. The van der Waals surface area contributed by atoms with Crippen LogP contribution < -0.4 is 14.4 Å². The number of rotatable bonds is 7. The van der Waals surface area contributed by atoms with Crippen molar-refractivity contribution < 1.29 is 24.1 Å². The maximum absolute atomic E-state index is 12.9. The van der Waals surface area contributed by atoms with Gasteiger partial charge in [-0.25, -0.2) is 0 Å². The predicted octanol–water partition coefficient (Wildman–Crippen LogP) is 2.94. The fourth-order valence-electron chi connectivity index (χ4n) is 3.90. The van der Waals surface area contributed by atoms with Crippen molar-refractivity contribution >= 4 is 23.1 Å². The highest BCUT2D eigenvalue weighted by Gasteiger charge is 2.26. The zero-order valence-electron chi connectivity index (χ0n) is 19.5. The Morgan fingerprint density at radius 2 is 1.53 bits per heavy atom. The summed E-state index contributed by atoms with van der Waals surface area (Å²) in [5.74, 6) is 1.41. The quantitative estimate of drug-likeness (QED) is 0.354. The van der Waals surface area contributed by atoms with Crippen LogP contribution in [0.3, 0.4) is 0 Å². The number of methoxy groups -OCH3 is 2. The summed E-state index contributed by atoms with van der Waals surface area (Å²) in [6.07, 6.45) is 0. The first-order valence-corrected chi connectivity index (χ1v) is 10.8. The lowest BCUT2D eigenvalue weighted by atomic mass is 10.1. The van der Waals surface area contributed by atoms with E-state index >= 15 is 0 Å². The number of nitro benzene ring substituents is 2. The molecule has 36 heavy (non-hydrogen) atoms. The van der Waals surface area contributed by atoms with Gasteiger partial charge in [0, 0.05) is 43.9 Å². The molecule has 1 saturated heterocycles. The third kappa shape index (κ3) is 4.99. The van der Waals surface area contributed by atoms with Gasteiger partial charge in [0.2, 0.25) is 0 Å². The Kier molecular flexibility index (Phi) is 6.90. The molecule has 0 spiro atoms. The molecule has 13 nitrogen and oxygen atoms in total. The minimum atomic E-state index is -0.759. The van der Waals surface area contributed by atoms with Crippen LogP contribution in [-0.4, -0.2) is 71.2 Å². The van der Waals surface area contributed by atoms with E-state index in [-0.39, 0.29) is 5.56 Å². The number of aromatic nitrogens is 2. The standard InChI is InChI=1S/C23H22N6O7/c1-35-18-3-5-21(36-2)19(14-18)20-4-6-22(25-24-20)26-7-9-27(10-8-26)23(30)15-11-16(28(31)32)13-17(12-15)29(33)34/h3-6,11-14H,7-10H2,1-2H3. The first kappa shape index (κ1) is 24.3. The summed E-state index contributed by atoms with van der Waals surface area (Å²) < 4.78 is 10.7. The third-order valence-electron chi connectivity index (χ3n) is 5.80. The van der Waals surface area contributed by atoms with Crippen LogP contribution in [0.15, 0.2) is 48.5 Å². The van der Waals surface area contributed by atoms with Crippen LogP contribution in [-0.2, 0) is 0 Å². The van der Waals surface area contributed by atoms with Crippen LogP contribution in [0.1, 0.15) is 10.4 Å². The van der Waals surface area contributed by atoms with Gasteiger partial charge in [0.25, 0.3) is 17.3 Å². The highest BCUT2D eigenvalue weighted by atomic mass is 16.6. The molecule has 0 aliphatic carbocycles. The Balaban J connectivity index is 1.46. The van der Waals surface area contributed by atoms with Gasteiger partial charge in [-0.15, -0.1) is 10.2 Å². The van der Waals surface area contributed by atoms with Crippen LogP contribution in [0.2, 0.25) is 0 Å². The van der Waals surface area contributed by atoms with Crippen LogP contribution in [0.5, 0.6) is 11.5 Å². The van der Waals surface area contributed by atoms with Crippen molar-refractivity contribution in [2.75, 3.05) is 45.3 Å². The number of nitrogens with zero attached hydrogens (tertiary/aromatic N) is 6. The number of carbonyl (C=O) groups is 1. The van der Waals surface area contributed by atoms with Gasteiger partial charge in [-0.2, -0.15) is 0 Å². The van der Waals surface area contributed by atoms with Crippen molar-refractivity contribution in [3.05, 3.63) is 74.3 Å². The Morgan fingerprint density at radius 1 is 0.861 bits per heavy atom. The zero-order chi connectivity index (χ0) is 25.8. The molecule has 0 unspecified atom stereocenters. The van der Waals surface area contributed by atoms with Crippen molar-refractivity contribution in [3.8, 4) is 22.8 Å². The molecule has 2 aromatic carbocycles. The highest BCUT2D eigenvalue weighted by Crippen LogP contribution is 2.32. The lowest BCUT2D eigenvalue weighted by Crippen LogP contribution is -2.49. The summed E-state index contributed by atoms with van der Waals surface area (Å²) in [4.78, 5) is 37.1. The summed E-state index contributed by atoms with van der Waals surface area (Å²) in [6.45, 7) is 1.50. The molecule has 2 heterocycles. The molecule has 0 N–H and O–H groups in total. The van der Waals surface area contributed by atoms with E-state index < -0.39 is 27.1 Å². The van der Waals surface area contributed by atoms with E-state index in [0.29, 0.717) is 49.2 Å². The molecule has 1 aromatic heterocycles. The van der Waals surface area contributed by atoms with Crippen LogP contribution in [0.4, 0.5) is 17.2 Å². The van der Waals surface area contributed by atoms with Crippen molar-refractivity contribution in [2.24, 2.45) is 0 Å². The van der Waals surface area contributed by atoms with Gasteiger partial charge in [-0.1, -0.05) is 0 Å². The molecule has 0 saturated carbocycles. The first-order valence-electron chi connectivity index (χ1n) is 10.8. The van der Waals surface area contributed by atoms with Crippen molar-refractivity contribution in [3.63, 3.8) is 0 Å². The minimum Gasteiger partial charge on any atom is -0.497 e. The Morgan fingerprint density at radius 3 is 2.06 bits per heavy atom. The largest absolute Gasteiger partial charge is 0.497 e. The van der Waals surface area contributed by atoms with Crippen molar-refractivity contribution in [1.82, 2.24) is 15.1 Å². The smallest absolute Gasteiger partial charge is 0.277 e. The third-order valence-corrected chi connectivity index (χ3v) is 5.80. The SMILES string of the molecule is COc1ccc(OC)c(-c2ccc(N3CCN(C(=O)c4cc([N+](=O)[O-])cc([N+](=O)[O-])c4)CC3)nn2)c1. The predicted molar refractivity (Wildman–Crippen MR) is 128 cm³/mol. The molecular weight excluding hydrogens is 472 g/mol. The van der Waals surface area contributed by atoms with Crippen LogP contribution in [0.25, 0.3) is 11.3 Å². The van der Waals surface area contributed by atoms with E-state index in [9.17, 15) is 25.0 Å². The Labute approximate surface area is 205 Å². The normalized spacial score (nSPS) is 13.3. The molecule has 0 atom stereocenters. The lowest BCUT2D eigenvalue weighted by Gasteiger charge is -2.35. The Hall–Kier alpha value is -4.81. The van der Waals surface area contributed by atoms with E-state index in [1.54, 1.807) is 26.4 Å². The number of amides is 1. The second kappa shape index (κ2) is 10.2. The number of hydrogen-bond acceptors (Lipinski definition) is 10. The van der Waals surface area contributed by atoms with Crippen molar-refractivity contribution in [1.29, 1.82) is 0 Å². The molecular formula is C23H22N6O7. The van der Waals surface area contributed by atoms with Crippen LogP contribution >= 0.6 is 0 Å². The number of ether oxygens (including phenoxy) is 2. The molecule has 1 aliphatic rings. The highest BCUT2D eigenvalue weighted by molar-refractivity contribution is 5.95. The van der Waals surface area contributed by atoms with E-state index in [1.807, 2.05) is 23.1 Å². The summed E-state index contributed by atoms with van der Waals surface area (Å²) in [7, 11) is 3.14. The van der Waals surface area contributed by atoms with Gasteiger partial charge in [0.05, 0.1) is 41.4 Å². The monoisotopic (exact) mass is 494 g/mol.